The number of carboxylic acid groups (broad SMARTS) is 1. The number of ether oxygens (including phenoxy) is 1. The van der Waals surface area contributed by atoms with Crippen LogP contribution in [0.2, 0.25) is 0 Å². The molecule has 1 atom stereocenters. The van der Waals surface area contributed by atoms with Gasteiger partial charge in [0.05, 0.1) is 22.4 Å². The molecule has 1 aliphatic rings. The molecule has 0 bridgehead atoms. The number of carbonyl (C=O) groups excluding carboxylic acids is 1. The molecule has 3 heterocycles. The molecule has 2 aromatic heterocycles. The largest absolute Gasteiger partial charge is 0.478 e. The molecule has 4 rings (SSSR count). The van der Waals surface area contributed by atoms with Crippen molar-refractivity contribution < 1.29 is 19.4 Å². The smallest absolute Gasteiger partial charge is 0.337 e. The van der Waals surface area contributed by atoms with Gasteiger partial charge in [-0.15, -0.1) is 11.3 Å². The number of thiophene rings is 1. The van der Waals surface area contributed by atoms with Gasteiger partial charge in [0.2, 0.25) is 5.91 Å². The molecular formula is C28H34N4O4S. The number of carbonyl (C=O) groups is 2. The van der Waals surface area contributed by atoms with E-state index in [0.29, 0.717) is 29.1 Å². The van der Waals surface area contributed by atoms with E-state index in [4.69, 9.17) is 4.74 Å². The summed E-state index contributed by atoms with van der Waals surface area (Å²) in [7, 11) is 3.89. The molecule has 0 unspecified atom stereocenters. The van der Waals surface area contributed by atoms with Gasteiger partial charge in [-0.3, -0.25) is 9.78 Å². The van der Waals surface area contributed by atoms with Crippen LogP contribution in [0.5, 0.6) is 0 Å². The van der Waals surface area contributed by atoms with Gasteiger partial charge in [0.15, 0.2) is 0 Å². The topological polar surface area (TPSA) is 95.0 Å². The Kier molecular flexibility index (Phi) is 9.40. The van der Waals surface area contributed by atoms with E-state index in [2.05, 4.69) is 15.2 Å². The second-order valence-electron chi connectivity index (χ2n) is 9.46. The van der Waals surface area contributed by atoms with Gasteiger partial charge >= 0.3 is 5.97 Å². The van der Waals surface area contributed by atoms with Crippen molar-refractivity contribution in [3.05, 3.63) is 70.8 Å². The number of likely N-dealkylation sites (tertiary alicyclic amines) is 1. The number of hydrogen-bond acceptors (Lipinski definition) is 7. The van der Waals surface area contributed by atoms with Crippen molar-refractivity contribution in [2.24, 2.45) is 0 Å². The summed E-state index contributed by atoms with van der Waals surface area (Å²) in [5.41, 5.74) is 2.43. The first-order valence-corrected chi connectivity index (χ1v) is 13.4. The van der Waals surface area contributed by atoms with Crippen molar-refractivity contribution in [1.29, 1.82) is 0 Å². The third-order valence-electron chi connectivity index (χ3n) is 6.26. The number of piperidine rings is 1. The molecule has 37 heavy (non-hydrogen) atoms. The molecule has 9 heteroatoms. The predicted octanol–water partition coefficient (Wildman–Crippen LogP) is 4.64. The van der Waals surface area contributed by atoms with Gasteiger partial charge in [-0.05, 0) is 69.9 Å². The van der Waals surface area contributed by atoms with Crippen molar-refractivity contribution in [1.82, 2.24) is 14.8 Å². The maximum atomic E-state index is 12.4. The van der Waals surface area contributed by atoms with E-state index in [1.165, 1.54) is 48.9 Å². The summed E-state index contributed by atoms with van der Waals surface area (Å²) in [6, 6.07) is 11.1. The zero-order valence-electron chi connectivity index (χ0n) is 21.4. The Bertz CT molecular complexity index is 1250. The Labute approximate surface area is 221 Å². The maximum Gasteiger partial charge on any atom is 0.337 e. The van der Waals surface area contributed by atoms with Crippen molar-refractivity contribution in [2.45, 2.75) is 25.4 Å². The van der Waals surface area contributed by atoms with E-state index >= 15 is 0 Å². The van der Waals surface area contributed by atoms with Gasteiger partial charge in [-0.25, -0.2) is 4.79 Å². The van der Waals surface area contributed by atoms with Crippen LogP contribution in [0.25, 0.3) is 10.2 Å². The van der Waals surface area contributed by atoms with Crippen LogP contribution >= 0.6 is 11.3 Å². The number of pyridine rings is 1. The average molecular weight is 523 g/mol. The van der Waals surface area contributed by atoms with E-state index in [-0.39, 0.29) is 11.5 Å². The standard InChI is InChI=1S/C28H34N4O4S/c1-31(2)13-7-10-25(33)30-21-9-6-8-20(18-21)26(36-17-16-32-14-4-3-5-15-32)24-19-23-27(37-24)22(28(34)35)11-12-29-23/h6-12,18-19,26H,3-5,13-17H2,1-2H3,(H,30,33)(H,34,35)/t26-/m0/s1. The summed E-state index contributed by atoms with van der Waals surface area (Å²) < 4.78 is 7.09. The van der Waals surface area contributed by atoms with Crippen LogP contribution in [0.1, 0.15) is 46.2 Å². The lowest BCUT2D eigenvalue weighted by atomic mass is 10.1. The van der Waals surface area contributed by atoms with Crippen LogP contribution in [-0.2, 0) is 9.53 Å². The summed E-state index contributed by atoms with van der Waals surface area (Å²) in [5.74, 6) is -1.17. The molecule has 0 radical (unpaired) electrons. The molecule has 0 aliphatic carbocycles. The number of likely N-dealkylation sites (N-methyl/N-ethyl adjacent to an activating group) is 1. The van der Waals surface area contributed by atoms with Crippen LogP contribution < -0.4 is 5.32 Å². The molecule has 0 spiro atoms. The summed E-state index contributed by atoms with van der Waals surface area (Å²) in [5, 5.41) is 12.6. The summed E-state index contributed by atoms with van der Waals surface area (Å²) >= 11 is 1.39. The number of aromatic nitrogens is 1. The van der Waals surface area contributed by atoms with Gasteiger partial charge in [-0.1, -0.05) is 24.6 Å². The Hall–Kier alpha value is -3.11. The molecule has 2 N–H and O–H groups in total. The Morgan fingerprint density at radius 2 is 2.03 bits per heavy atom. The van der Waals surface area contributed by atoms with Gasteiger partial charge in [0, 0.05) is 35.9 Å². The number of benzene rings is 1. The van der Waals surface area contributed by atoms with Crippen LogP contribution in [-0.4, -0.2) is 78.6 Å². The van der Waals surface area contributed by atoms with E-state index in [0.717, 1.165) is 30.1 Å². The molecule has 1 aliphatic heterocycles. The Morgan fingerprint density at radius 3 is 2.78 bits per heavy atom. The Balaban J connectivity index is 1.58. The van der Waals surface area contributed by atoms with E-state index in [1.54, 1.807) is 0 Å². The summed E-state index contributed by atoms with van der Waals surface area (Å²) in [6.45, 7) is 4.24. The highest BCUT2D eigenvalue weighted by Gasteiger charge is 2.22. The van der Waals surface area contributed by atoms with Crippen LogP contribution in [0.15, 0.2) is 54.7 Å². The molecule has 3 aromatic rings. The highest BCUT2D eigenvalue weighted by Crippen LogP contribution is 2.37. The second kappa shape index (κ2) is 12.9. The third kappa shape index (κ3) is 7.45. The second-order valence-corrected chi connectivity index (χ2v) is 10.5. The minimum atomic E-state index is -0.976. The number of fused-ring (bicyclic) bond motifs is 1. The van der Waals surface area contributed by atoms with Crippen molar-refractivity contribution in [2.75, 3.05) is 52.2 Å². The van der Waals surface area contributed by atoms with Crippen LogP contribution in [0.3, 0.4) is 0 Å². The lowest BCUT2D eigenvalue weighted by Gasteiger charge is -2.27. The van der Waals surface area contributed by atoms with Crippen molar-refractivity contribution in [3.8, 4) is 0 Å². The number of nitrogens with one attached hydrogen (secondary N) is 1. The fourth-order valence-corrected chi connectivity index (χ4v) is 5.61. The van der Waals surface area contributed by atoms with Gasteiger partial charge < -0.3 is 25.0 Å². The van der Waals surface area contributed by atoms with Crippen molar-refractivity contribution >= 4 is 39.1 Å². The lowest BCUT2D eigenvalue weighted by Crippen LogP contribution is -2.33. The number of rotatable bonds is 11. The number of carboxylic acids is 1. The molecule has 1 aromatic carbocycles. The predicted molar refractivity (Wildman–Crippen MR) is 147 cm³/mol. The highest BCUT2D eigenvalue weighted by molar-refractivity contribution is 7.19. The van der Waals surface area contributed by atoms with Gasteiger partial charge in [-0.2, -0.15) is 0 Å². The molecule has 1 fully saturated rings. The SMILES string of the molecule is CN(C)CC=CC(=O)Nc1cccc([C@H](OCCN2CCCCC2)c2cc3nccc(C(=O)O)c3s2)c1. The first kappa shape index (κ1) is 26.9. The van der Waals surface area contributed by atoms with Gasteiger partial charge in [0.25, 0.3) is 0 Å². The minimum Gasteiger partial charge on any atom is -0.478 e. The fourth-order valence-electron chi connectivity index (χ4n) is 4.41. The maximum absolute atomic E-state index is 12.4. The first-order valence-electron chi connectivity index (χ1n) is 12.6. The summed E-state index contributed by atoms with van der Waals surface area (Å²) in [4.78, 5) is 33.8. The van der Waals surface area contributed by atoms with Crippen LogP contribution in [0, 0.1) is 0 Å². The quantitative estimate of drug-likeness (QED) is 0.354. The lowest BCUT2D eigenvalue weighted by molar-refractivity contribution is -0.111. The molecule has 8 nitrogen and oxygen atoms in total. The highest BCUT2D eigenvalue weighted by atomic mass is 32.1. The number of hydrogen-bond donors (Lipinski definition) is 2. The molecule has 196 valence electrons. The molecule has 0 saturated carbocycles. The fraction of sp³-hybridized carbons (Fsp3) is 0.393. The van der Waals surface area contributed by atoms with Crippen LogP contribution in [0.4, 0.5) is 5.69 Å². The normalized spacial score (nSPS) is 15.4. The van der Waals surface area contributed by atoms with Crippen molar-refractivity contribution in [3.63, 3.8) is 0 Å². The number of aromatic carboxylic acids is 1. The average Bonchev–Trinajstić information content (AvgIpc) is 3.31. The number of nitrogens with zero attached hydrogens (tertiary/aromatic N) is 3. The minimum absolute atomic E-state index is 0.196. The van der Waals surface area contributed by atoms with E-state index in [1.807, 2.05) is 55.4 Å². The zero-order valence-corrected chi connectivity index (χ0v) is 22.2. The van der Waals surface area contributed by atoms with E-state index in [9.17, 15) is 14.7 Å². The monoisotopic (exact) mass is 522 g/mol. The van der Waals surface area contributed by atoms with Gasteiger partial charge in [0.1, 0.15) is 6.10 Å². The van der Waals surface area contributed by atoms with E-state index < -0.39 is 12.1 Å². The first-order chi connectivity index (χ1) is 17.9. The Morgan fingerprint density at radius 1 is 1.22 bits per heavy atom. The number of anilines is 1. The zero-order chi connectivity index (χ0) is 26.2. The molecular weight excluding hydrogens is 488 g/mol. The number of amides is 1. The molecule has 1 saturated heterocycles. The third-order valence-corrected chi connectivity index (χ3v) is 7.46. The summed E-state index contributed by atoms with van der Waals surface area (Å²) in [6.07, 6.45) is 8.17. The molecule has 1 amide bonds.